The monoisotopic (exact) mass is 342 g/mol. The van der Waals surface area contributed by atoms with Gasteiger partial charge in [-0.05, 0) is 19.1 Å². The lowest BCUT2D eigenvalue weighted by Crippen LogP contribution is -2.37. The predicted octanol–water partition coefficient (Wildman–Crippen LogP) is 0.535. The molecular weight excluding hydrogens is 328 g/mol. The highest BCUT2D eigenvalue weighted by Crippen LogP contribution is 2.29. The molecule has 0 aromatic heterocycles. The van der Waals surface area contributed by atoms with Gasteiger partial charge in [-0.1, -0.05) is 18.2 Å². The molecule has 1 aliphatic carbocycles. The number of carbonyl (C=O) groups excluding carboxylic acids is 5. The summed E-state index contributed by atoms with van der Waals surface area (Å²) in [5.74, 6) is -2.92. The summed E-state index contributed by atoms with van der Waals surface area (Å²) in [7, 11) is 0. The van der Waals surface area contributed by atoms with Crippen molar-refractivity contribution in [2.24, 2.45) is 5.41 Å². The van der Waals surface area contributed by atoms with Crippen LogP contribution in [0.4, 0.5) is 0 Å². The fraction of sp³-hybridized carbons (Fsp3) is 0.235. The van der Waals surface area contributed by atoms with E-state index in [9.17, 15) is 24.0 Å². The standard InChI is InChI=1S/C17H14N2O6/c1-17(16(24)25-19-14(22)6-7-15(19)23)9-2-3-11(8-10-17)18-12(20)4-5-13(18)21/h2-5,8-10H,6-7H2,1H3. The molecule has 0 saturated carbocycles. The van der Waals surface area contributed by atoms with Crippen molar-refractivity contribution >= 4 is 29.6 Å². The van der Waals surface area contributed by atoms with Gasteiger partial charge in [-0.15, -0.1) is 5.06 Å². The second kappa shape index (κ2) is 5.97. The minimum absolute atomic E-state index is 0.00634. The fourth-order valence-electron chi connectivity index (χ4n) is 2.50. The van der Waals surface area contributed by atoms with Crippen LogP contribution < -0.4 is 0 Å². The number of nitrogens with zero attached hydrogens (tertiary/aromatic N) is 2. The Morgan fingerprint density at radius 3 is 2.20 bits per heavy atom. The van der Waals surface area contributed by atoms with Gasteiger partial charge >= 0.3 is 5.97 Å². The maximum Gasteiger partial charge on any atom is 0.346 e. The smallest absolute Gasteiger partial charge is 0.329 e. The Kier molecular flexibility index (Phi) is 3.96. The Balaban J connectivity index is 1.77. The summed E-state index contributed by atoms with van der Waals surface area (Å²) in [6.45, 7) is 1.52. The fourth-order valence-corrected chi connectivity index (χ4v) is 2.50. The van der Waals surface area contributed by atoms with Crippen LogP contribution in [0.5, 0.6) is 0 Å². The minimum Gasteiger partial charge on any atom is -0.329 e. The van der Waals surface area contributed by atoms with E-state index in [4.69, 9.17) is 4.84 Å². The maximum atomic E-state index is 12.4. The van der Waals surface area contributed by atoms with Crippen molar-refractivity contribution < 1.29 is 28.8 Å². The summed E-state index contributed by atoms with van der Waals surface area (Å²) < 4.78 is 0. The molecule has 4 amide bonds. The van der Waals surface area contributed by atoms with E-state index in [0.29, 0.717) is 10.8 Å². The predicted molar refractivity (Wildman–Crippen MR) is 82.6 cm³/mol. The number of allylic oxidation sites excluding steroid dienone is 3. The molecule has 3 rings (SSSR count). The second-order valence-electron chi connectivity index (χ2n) is 5.87. The summed E-state index contributed by atoms with van der Waals surface area (Å²) >= 11 is 0. The number of amides is 4. The number of hydroxylamine groups is 2. The van der Waals surface area contributed by atoms with Gasteiger partial charge in [-0.3, -0.25) is 19.2 Å². The Labute approximate surface area is 142 Å². The average Bonchev–Trinajstić information content (AvgIpc) is 2.98. The van der Waals surface area contributed by atoms with Crippen molar-refractivity contribution in [2.75, 3.05) is 0 Å². The zero-order valence-corrected chi connectivity index (χ0v) is 13.3. The molecule has 1 saturated heterocycles. The molecule has 3 aliphatic rings. The molecule has 2 heterocycles. The van der Waals surface area contributed by atoms with Crippen LogP contribution in [0.15, 0.2) is 48.2 Å². The van der Waals surface area contributed by atoms with Crippen molar-refractivity contribution in [1.82, 2.24) is 9.96 Å². The highest BCUT2D eigenvalue weighted by Gasteiger charge is 2.38. The van der Waals surface area contributed by atoms with Crippen molar-refractivity contribution in [3.05, 3.63) is 48.2 Å². The van der Waals surface area contributed by atoms with Crippen molar-refractivity contribution in [1.29, 1.82) is 0 Å². The Bertz CT molecular complexity index is 785. The molecule has 0 aromatic rings. The third-order valence-corrected chi connectivity index (χ3v) is 4.00. The topological polar surface area (TPSA) is 101 Å². The van der Waals surface area contributed by atoms with Crippen molar-refractivity contribution in [2.45, 2.75) is 19.8 Å². The third kappa shape index (κ3) is 2.93. The van der Waals surface area contributed by atoms with Gasteiger partial charge in [0.25, 0.3) is 23.6 Å². The molecule has 0 N–H and O–H groups in total. The van der Waals surface area contributed by atoms with Crippen LogP contribution in [-0.2, 0) is 28.8 Å². The second-order valence-corrected chi connectivity index (χ2v) is 5.87. The Hall–Kier alpha value is -3.29. The molecule has 2 aliphatic heterocycles. The molecule has 128 valence electrons. The first-order valence-corrected chi connectivity index (χ1v) is 7.55. The molecular formula is C17H14N2O6. The molecule has 1 unspecified atom stereocenters. The minimum atomic E-state index is -1.28. The molecule has 0 aromatic carbocycles. The van der Waals surface area contributed by atoms with Gasteiger partial charge in [0.2, 0.25) is 0 Å². The van der Waals surface area contributed by atoms with E-state index in [2.05, 4.69) is 0 Å². The first kappa shape index (κ1) is 16.6. The van der Waals surface area contributed by atoms with Crippen LogP contribution >= 0.6 is 0 Å². The van der Waals surface area contributed by atoms with Crippen molar-refractivity contribution in [3.8, 4) is 0 Å². The van der Waals surface area contributed by atoms with E-state index in [1.54, 1.807) is 0 Å². The van der Waals surface area contributed by atoms with E-state index >= 15 is 0 Å². The molecule has 0 radical (unpaired) electrons. The van der Waals surface area contributed by atoms with Gasteiger partial charge in [0.15, 0.2) is 0 Å². The SMILES string of the molecule is CC1(C(=O)ON2C(=O)CCC2=O)C=CC=C(N2C(=O)C=CC2=O)C=C1. The molecule has 8 nitrogen and oxygen atoms in total. The number of hydrogen-bond donors (Lipinski definition) is 0. The molecule has 8 heteroatoms. The summed E-state index contributed by atoms with van der Waals surface area (Å²) in [6.07, 6.45) is 9.70. The Morgan fingerprint density at radius 1 is 1.00 bits per heavy atom. The van der Waals surface area contributed by atoms with Crippen molar-refractivity contribution in [3.63, 3.8) is 0 Å². The number of rotatable bonds is 3. The third-order valence-electron chi connectivity index (χ3n) is 4.00. The lowest BCUT2D eigenvalue weighted by atomic mass is 9.90. The molecule has 1 atom stereocenters. The summed E-state index contributed by atoms with van der Waals surface area (Å²) in [6, 6.07) is 0. The summed E-state index contributed by atoms with van der Waals surface area (Å²) in [4.78, 5) is 64.9. The lowest BCUT2D eigenvalue weighted by molar-refractivity contribution is -0.201. The van der Waals surface area contributed by atoms with Crippen LogP contribution in [0.2, 0.25) is 0 Å². The molecule has 0 spiro atoms. The van der Waals surface area contributed by atoms with E-state index < -0.39 is 35.0 Å². The quantitative estimate of drug-likeness (QED) is 0.694. The van der Waals surface area contributed by atoms with E-state index in [1.165, 1.54) is 37.3 Å². The van der Waals surface area contributed by atoms with Gasteiger partial charge in [0.1, 0.15) is 5.41 Å². The summed E-state index contributed by atoms with van der Waals surface area (Å²) in [5.41, 5.74) is -0.984. The van der Waals surface area contributed by atoms with Crippen LogP contribution in [0.3, 0.4) is 0 Å². The lowest BCUT2D eigenvalue weighted by Gasteiger charge is -2.22. The maximum absolute atomic E-state index is 12.4. The van der Waals surface area contributed by atoms with E-state index in [1.807, 2.05) is 0 Å². The largest absolute Gasteiger partial charge is 0.346 e. The van der Waals surface area contributed by atoms with E-state index in [-0.39, 0.29) is 12.8 Å². The normalized spacial score (nSPS) is 25.7. The number of carbonyl (C=O) groups is 5. The highest BCUT2D eigenvalue weighted by molar-refractivity contribution is 6.14. The summed E-state index contributed by atoms with van der Waals surface area (Å²) in [5, 5.41) is 0.478. The first-order chi connectivity index (χ1) is 11.8. The number of imide groups is 2. The highest BCUT2D eigenvalue weighted by atomic mass is 16.7. The van der Waals surface area contributed by atoms with Gasteiger partial charge in [-0.2, -0.15) is 0 Å². The van der Waals surface area contributed by atoms with Gasteiger partial charge in [0, 0.05) is 25.0 Å². The van der Waals surface area contributed by atoms with Gasteiger partial charge in [0.05, 0.1) is 5.70 Å². The average molecular weight is 342 g/mol. The van der Waals surface area contributed by atoms with Gasteiger partial charge < -0.3 is 4.84 Å². The zero-order chi connectivity index (χ0) is 18.2. The zero-order valence-electron chi connectivity index (χ0n) is 13.3. The first-order valence-electron chi connectivity index (χ1n) is 7.55. The van der Waals surface area contributed by atoms with Crippen LogP contribution in [0.25, 0.3) is 0 Å². The van der Waals surface area contributed by atoms with Crippen LogP contribution in [0, 0.1) is 5.41 Å². The molecule has 25 heavy (non-hydrogen) atoms. The van der Waals surface area contributed by atoms with Crippen LogP contribution in [0.1, 0.15) is 19.8 Å². The molecule has 0 bridgehead atoms. The Morgan fingerprint density at radius 2 is 1.60 bits per heavy atom. The van der Waals surface area contributed by atoms with E-state index in [0.717, 1.165) is 17.1 Å². The number of hydrogen-bond acceptors (Lipinski definition) is 6. The van der Waals surface area contributed by atoms with Crippen LogP contribution in [-0.4, -0.2) is 39.6 Å². The van der Waals surface area contributed by atoms with Gasteiger partial charge in [-0.25, -0.2) is 9.69 Å². The molecule has 1 fully saturated rings.